The highest BCUT2D eigenvalue weighted by Crippen LogP contribution is 1.99. The maximum atomic E-state index is 12.1. The van der Waals surface area contributed by atoms with Crippen LogP contribution in [0.4, 0.5) is 4.39 Å². The highest BCUT2D eigenvalue weighted by Gasteiger charge is 2.06. The molecule has 0 aliphatic heterocycles. The molecule has 0 saturated heterocycles. The third-order valence-corrected chi connectivity index (χ3v) is 0.869. The molecule has 0 aromatic heterocycles. The Morgan fingerprint density at radius 1 is 1.67 bits per heavy atom. The molecule has 0 heterocycles. The largest absolute Gasteiger partial charge is 0.431 e. The minimum atomic E-state index is -1.42. The first kappa shape index (κ1) is 8.40. The van der Waals surface area contributed by atoms with Gasteiger partial charge in [0.2, 0.25) is 6.36 Å². The molecule has 0 amide bonds. The number of hydrogen-bond donors (Lipinski definition) is 0. The van der Waals surface area contributed by atoms with E-state index < -0.39 is 12.3 Å². The molecule has 0 fully saturated rings. The molecule has 2 nitrogen and oxygen atoms in total. The zero-order valence-corrected chi connectivity index (χ0v) is 5.69. The summed E-state index contributed by atoms with van der Waals surface area (Å²) in [6.45, 7) is 3.25. The van der Waals surface area contributed by atoms with Gasteiger partial charge in [-0.25, -0.2) is 4.39 Å². The molecule has 0 aromatic carbocycles. The summed E-state index contributed by atoms with van der Waals surface area (Å²) in [5, 5.41) is 0. The van der Waals surface area contributed by atoms with Crippen LogP contribution >= 0.6 is 0 Å². The number of carbonyl (C=O) groups excluding carboxylic acids is 1. The van der Waals surface area contributed by atoms with Gasteiger partial charge in [0.25, 0.3) is 0 Å². The van der Waals surface area contributed by atoms with Crippen molar-refractivity contribution in [3.05, 3.63) is 0 Å². The first-order chi connectivity index (χ1) is 4.20. The maximum absolute atomic E-state index is 12.1. The minimum absolute atomic E-state index is 0.228. The number of carbonyl (C=O) groups is 1. The molecule has 9 heavy (non-hydrogen) atoms. The van der Waals surface area contributed by atoms with E-state index in [0.29, 0.717) is 0 Å². The predicted molar refractivity (Wildman–Crippen MR) is 31.6 cm³/mol. The summed E-state index contributed by atoms with van der Waals surface area (Å²) >= 11 is 0. The smallest absolute Gasteiger partial charge is 0.308 e. The summed E-state index contributed by atoms with van der Waals surface area (Å²) in [5.74, 6) is -0.482. The van der Waals surface area contributed by atoms with Crippen LogP contribution in [0.2, 0.25) is 0 Å². The molecule has 0 bridgehead atoms. The first-order valence-corrected chi connectivity index (χ1v) is 3.04. The molecule has 1 unspecified atom stereocenters. The Hall–Kier alpha value is -0.600. The number of esters is 1. The molecule has 0 spiro atoms. The van der Waals surface area contributed by atoms with Crippen LogP contribution in [0.25, 0.3) is 0 Å². The first-order valence-electron chi connectivity index (χ1n) is 3.04. The Bertz CT molecular complexity index is 93.1. The molecular formula is C6H11FO2. The van der Waals surface area contributed by atoms with Crippen LogP contribution in [-0.4, -0.2) is 12.3 Å². The normalized spacial score (nSPS) is 12.8. The van der Waals surface area contributed by atoms with Crippen molar-refractivity contribution in [3.63, 3.8) is 0 Å². The van der Waals surface area contributed by atoms with Gasteiger partial charge in [0.1, 0.15) is 0 Å². The van der Waals surface area contributed by atoms with Crippen LogP contribution in [0.15, 0.2) is 0 Å². The van der Waals surface area contributed by atoms with Gasteiger partial charge in [0, 0.05) is 12.8 Å². The van der Waals surface area contributed by atoms with Crippen LogP contribution in [0.3, 0.4) is 0 Å². The van der Waals surface area contributed by atoms with Crippen LogP contribution in [0.5, 0.6) is 0 Å². The average Bonchev–Trinajstić information content (AvgIpc) is 1.87. The minimum Gasteiger partial charge on any atom is -0.431 e. The van der Waals surface area contributed by atoms with E-state index in [0.717, 1.165) is 0 Å². The molecule has 0 radical (unpaired) electrons. The van der Waals surface area contributed by atoms with Crippen molar-refractivity contribution >= 4 is 5.97 Å². The molecule has 0 aliphatic carbocycles. The van der Waals surface area contributed by atoms with Crippen molar-refractivity contribution in [3.8, 4) is 0 Å². The summed E-state index contributed by atoms with van der Waals surface area (Å²) in [7, 11) is 0. The second-order valence-corrected chi connectivity index (χ2v) is 1.66. The molecule has 3 heteroatoms. The average molecular weight is 134 g/mol. The Morgan fingerprint density at radius 2 is 2.22 bits per heavy atom. The third-order valence-electron chi connectivity index (χ3n) is 0.869. The lowest BCUT2D eigenvalue weighted by atomic mass is 10.5. The fourth-order valence-electron chi connectivity index (χ4n) is 0.309. The van der Waals surface area contributed by atoms with Crippen molar-refractivity contribution in [2.24, 2.45) is 0 Å². The van der Waals surface area contributed by atoms with E-state index in [1.54, 1.807) is 13.8 Å². The quantitative estimate of drug-likeness (QED) is 0.548. The highest BCUT2D eigenvalue weighted by molar-refractivity contribution is 5.68. The van der Waals surface area contributed by atoms with Crippen molar-refractivity contribution in [2.45, 2.75) is 33.0 Å². The van der Waals surface area contributed by atoms with Crippen LogP contribution in [-0.2, 0) is 9.53 Å². The fraction of sp³-hybridized carbons (Fsp3) is 0.833. The second-order valence-electron chi connectivity index (χ2n) is 1.66. The summed E-state index contributed by atoms with van der Waals surface area (Å²) < 4.78 is 16.4. The van der Waals surface area contributed by atoms with Crippen LogP contribution in [0, 0.1) is 0 Å². The molecule has 54 valence electrons. The number of alkyl halides is 1. The lowest BCUT2D eigenvalue weighted by Crippen LogP contribution is -2.10. The van der Waals surface area contributed by atoms with Crippen LogP contribution < -0.4 is 0 Å². The predicted octanol–water partition coefficient (Wildman–Crippen LogP) is 1.65. The van der Waals surface area contributed by atoms with Gasteiger partial charge in [-0.3, -0.25) is 4.79 Å². The van der Waals surface area contributed by atoms with E-state index in [4.69, 9.17) is 0 Å². The zero-order valence-electron chi connectivity index (χ0n) is 5.69. The molecule has 0 aromatic rings. The second kappa shape index (κ2) is 4.30. The summed E-state index contributed by atoms with van der Waals surface area (Å²) in [5.41, 5.74) is 0. The van der Waals surface area contributed by atoms with Crippen molar-refractivity contribution in [1.29, 1.82) is 0 Å². The van der Waals surface area contributed by atoms with E-state index in [-0.39, 0.29) is 12.8 Å². The van der Waals surface area contributed by atoms with E-state index in [1.165, 1.54) is 0 Å². The Morgan fingerprint density at radius 3 is 2.56 bits per heavy atom. The third kappa shape index (κ3) is 3.94. The van der Waals surface area contributed by atoms with Gasteiger partial charge in [0.05, 0.1) is 0 Å². The standard InChI is InChI=1S/C6H11FO2/c1-3-5(7)9-6(8)4-2/h5H,3-4H2,1-2H3. The highest BCUT2D eigenvalue weighted by atomic mass is 19.1. The van der Waals surface area contributed by atoms with Crippen molar-refractivity contribution < 1.29 is 13.9 Å². The fourth-order valence-corrected chi connectivity index (χ4v) is 0.309. The van der Waals surface area contributed by atoms with Gasteiger partial charge in [-0.05, 0) is 0 Å². The number of hydrogen-bond acceptors (Lipinski definition) is 2. The number of ether oxygens (including phenoxy) is 1. The Labute approximate surface area is 54.0 Å². The lowest BCUT2D eigenvalue weighted by Gasteiger charge is -2.04. The SMILES string of the molecule is CCC(=O)OC(F)CC. The van der Waals surface area contributed by atoms with Crippen molar-refractivity contribution in [2.75, 3.05) is 0 Å². The van der Waals surface area contributed by atoms with E-state index in [1.807, 2.05) is 0 Å². The molecule has 0 saturated carbocycles. The monoisotopic (exact) mass is 134 g/mol. The van der Waals surface area contributed by atoms with Gasteiger partial charge in [0.15, 0.2) is 0 Å². The Balaban J connectivity index is 3.34. The van der Waals surface area contributed by atoms with Gasteiger partial charge in [-0.2, -0.15) is 0 Å². The van der Waals surface area contributed by atoms with Crippen molar-refractivity contribution in [1.82, 2.24) is 0 Å². The van der Waals surface area contributed by atoms with Gasteiger partial charge in [-0.1, -0.05) is 13.8 Å². The Kier molecular flexibility index (Phi) is 4.01. The van der Waals surface area contributed by atoms with Crippen LogP contribution in [0.1, 0.15) is 26.7 Å². The summed E-state index contributed by atoms with van der Waals surface area (Å²) in [4.78, 5) is 10.3. The van der Waals surface area contributed by atoms with Gasteiger partial charge in [-0.15, -0.1) is 0 Å². The number of rotatable bonds is 3. The molecule has 0 rings (SSSR count). The topological polar surface area (TPSA) is 26.3 Å². The molecule has 0 aliphatic rings. The molecule has 1 atom stereocenters. The molecule has 0 N–H and O–H groups in total. The lowest BCUT2D eigenvalue weighted by molar-refractivity contribution is -0.157. The number of halogens is 1. The molecular weight excluding hydrogens is 123 g/mol. The van der Waals surface area contributed by atoms with Gasteiger partial charge < -0.3 is 4.74 Å². The maximum Gasteiger partial charge on any atom is 0.308 e. The van der Waals surface area contributed by atoms with E-state index in [9.17, 15) is 9.18 Å². The zero-order chi connectivity index (χ0) is 7.28. The summed E-state index contributed by atoms with van der Waals surface area (Å²) in [6, 6.07) is 0. The summed E-state index contributed by atoms with van der Waals surface area (Å²) in [6.07, 6.45) is -0.955. The van der Waals surface area contributed by atoms with E-state index >= 15 is 0 Å². The van der Waals surface area contributed by atoms with E-state index in [2.05, 4.69) is 4.74 Å². The van der Waals surface area contributed by atoms with Gasteiger partial charge >= 0.3 is 5.97 Å².